The van der Waals surface area contributed by atoms with E-state index < -0.39 is 5.91 Å². The van der Waals surface area contributed by atoms with Crippen molar-refractivity contribution in [2.45, 2.75) is 5.91 Å². The number of amidine groups is 2. The van der Waals surface area contributed by atoms with Crippen LogP contribution in [0.15, 0.2) is 156 Å². The number of aromatic nitrogens is 2. The molecule has 0 saturated carbocycles. The van der Waals surface area contributed by atoms with Gasteiger partial charge in [-0.3, -0.25) is 0 Å². The molecule has 0 aliphatic carbocycles. The SMILES string of the molecule is C1=c2c3cc4ccccc4cc3c3n2C24n5c(c6cc7ccccc7cc6c5N=C5c6cc7ccccc7cc6C(=[N+]52)C=3)N=C2c3cc5ccccc5cc3C1=[N+]24. The molecule has 1 spiro atoms. The van der Waals surface area contributed by atoms with E-state index in [9.17, 15) is 0 Å². The predicted molar refractivity (Wildman–Crippen MR) is 229 cm³/mol. The van der Waals surface area contributed by atoms with Gasteiger partial charge in [0.15, 0.2) is 0 Å². The quantitative estimate of drug-likeness (QED) is 0.141. The van der Waals surface area contributed by atoms with E-state index >= 15 is 0 Å². The largest absolute Gasteiger partial charge is 0.441 e. The van der Waals surface area contributed by atoms with Crippen molar-refractivity contribution in [2.24, 2.45) is 9.98 Å². The molecule has 16 rings (SSSR count). The maximum Gasteiger partial charge on any atom is 0.441 e. The second-order valence-electron chi connectivity index (χ2n) is 16.3. The van der Waals surface area contributed by atoms with Gasteiger partial charge in [0.1, 0.15) is 11.4 Å². The Labute approximate surface area is 323 Å². The van der Waals surface area contributed by atoms with Crippen molar-refractivity contribution in [2.75, 3.05) is 0 Å². The van der Waals surface area contributed by atoms with E-state index in [1.165, 1.54) is 75.7 Å². The zero-order chi connectivity index (χ0) is 36.5. The summed E-state index contributed by atoms with van der Waals surface area (Å²) >= 11 is 0. The van der Waals surface area contributed by atoms with Gasteiger partial charge >= 0.3 is 17.6 Å². The third kappa shape index (κ3) is 2.92. The molecule has 0 amide bonds. The van der Waals surface area contributed by atoms with Crippen LogP contribution >= 0.6 is 0 Å². The minimum absolute atomic E-state index is 0.934. The van der Waals surface area contributed by atoms with E-state index in [4.69, 9.17) is 9.98 Å². The summed E-state index contributed by atoms with van der Waals surface area (Å²) in [6.45, 7) is 0. The number of hydrogen-bond acceptors (Lipinski definition) is 2. The average Bonchev–Trinajstić information content (AvgIpc) is 3.95. The average molecular weight is 723 g/mol. The summed E-state index contributed by atoms with van der Waals surface area (Å²) in [5.74, 6) is 2.87. The van der Waals surface area contributed by atoms with E-state index in [1.54, 1.807) is 0 Å². The van der Waals surface area contributed by atoms with Gasteiger partial charge in [-0.05, 0) is 102 Å². The highest BCUT2D eigenvalue weighted by Gasteiger charge is 2.70. The maximum atomic E-state index is 5.78. The van der Waals surface area contributed by atoms with E-state index in [2.05, 4.69) is 176 Å². The van der Waals surface area contributed by atoms with Crippen LogP contribution in [0.25, 0.3) is 76.8 Å². The van der Waals surface area contributed by atoms with Gasteiger partial charge in [-0.15, -0.1) is 9.15 Å². The Morgan fingerprint density at radius 2 is 0.702 bits per heavy atom. The molecule has 0 radical (unpaired) electrons. The topological polar surface area (TPSA) is 40.6 Å². The highest BCUT2D eigenvalue weighted by atomic mass is 15.7. The lowest BCUT2D eigenvalue weighted by atomic mass is 9.98. The van der Waals surface area contributed by atoms with Gasteiger partial charge in [-0.25, -0.2) is 4.57 Å². The van der Waals surface area contributed by atoms with Crippen LogP contribution < -0.4 is 10.7 Å². The second kappa shape index (κ2) is 8.88. The monoisotopic (exact) mass is 722 g/mol. The molecule has 0 N–H and O–H groups in total. The fourth-order valence-corrected chi connectivity index (χ4v) is 11.3. The van der Waals surface area contributed by atoms with Crippen molar-refractivity contribution >= 4 is 112 Å². The zero-order valence-electron chi connectivity index (χ0n) is 30.2. The Bertz CT molecular complexity index is 3780. The van der Waals surface area contributed by atoms with Gasteiger partial charge < -0.3 is 0 Å². The minimum Gasteiger partial charge on any atom is -0.241 e. The summed E-state index contributed by atoms with van der Waals surface area (Å²) in [5, 5.41) is 16.8. The van der Waals surface area contributed by atoms with Crippen LogP contribution in [0.5, 0.6) is 0 Å². The lowest BCUT2D eigenvalue weighted by Gasteiger charge is -2.40. The smallest absolute Gasteiger partial charge is 0.241 e. The molecule has 8 aromatic carbocycles. The summed E-state index contributed by atoms with van der Waals surface area (Å²) in [6.07, 6.45) is 4.87. The zero-order valence-corrected chi connectivity index (χ0v) is 30.2. The van der Waals surface area contributed by atoms with Crippen LogP contribution in [-0.2, 0) is 5.91 Å². The second-order valence-corrected chi connectivity index (χ2v) is 16.3. The number of rotatable bonds is 0. The summed E-state index contributed by atoms with van der Waals surface area (Å²) in [5.41, 5.74) is 7.03. The van der Waals surface area contributed by atoms with Gasteiger partial charge in [-0.2, -0.15) is 4.57 Å². The molecule has 0 atom stereocenters. The molecule has 0 saturated heterocycles. The maximum absolute atomic E-state index is 5.78. The fourth-order valence-electron chi connectivity index (χ4n) is 11.3. The molecule has 6 aliphatic rings. The lowest BCUT2D eigenvalue weighted by molar-refractivity contribution is -0.787. The molecule has 0 unspecified atom stereocenters. The minimum atomic E-state index is -0.940. The predicted octanol–water partition coefficient (Wildman–Crippen LogP) is 8.73. The molecule has 0 fully saturated rings. The van der Waals surface area contributed by atoms with E-state index in [-0.39, 0.29) is 0 Å². The van der Waals surface area contributed by atoms with E-state index in [0.717, 1.165) is 56.6 Å². The van der Waals surface area contributed by atoms with E-state index in [0.29, 0.717) is 0 Å². The van der Waals surface area contributed by atoms with Crippen molar-refractivity contribution in [1.82, 2.24) is 9.13 Å². The molecule has 10 aromatic rings. The normalized spacial score (nSPS) is 16.9. The molecule has 8 heterocycles. The number of benzene rings is 8. The van der Waals surface area contributed by atoms with Crippen molar-refractivity contribution < 1.29 is 9.15 Å². The molecule has 6 heteroatoms. The van der Waals surface area contributed by atoms with Crippen LogP contribution in [0, 0.1) is 0 Å². The molecule has 6 nitrogen and oxygen atoms in total. The molecule has 6 aliphatic heterocycles. The Morgan fingerprint density at radius 3 is 1.09 bits per heavy atom. The van der Waals surface area contributed by atoms with Crippen LogP contribution in [0.4, 0.5) is 11.6 Å². The van der Waals surface area contributed by atoms with Gasteiger partial charge in [-0.1, -0.05) is 97.1 Å². The Morgan fingerprint density at radius 1 is 0.368 bits per heavy atom. The van der Waals surface area contributed by atoms with E-state index in [1.807, 2.05) is 0 Å². The van der Waals surface area contributed by atoms with Crippen LogP contribution in [0.2, 0.25) is 0 Å². The summed E-state index contributed by atoms with van der Waals surface area (Å²) in [4.78, 5) is 11.6. The lowest BCUT2D eigenvalue weighted by Crippen LogP contribution is -2.71. The van der Waals surface area contributed by atoms with Gasteiger partial charge in [0.25, 0.3) is 11.6 Å². The number of nitrogens with zero attached hydrogens (tertiary/aromatic N) is 6. The highest BCUT2D eigenvalue weighted by molar-refractivity contribution is 6.33. The molecule has 0 bridgehead atoms. The van der Waals surface area contributed by atoms with Crippen LogP contribution in [-0.4, -0.2) is 41.4 Å². The first-order valence-electron chi connectivity index (χ1n) is 19.7. The molecule has 258 valence electrons. The molecule has 57 heavy (non-hydrogen) atoms. The van der Waals surface area contributed by atoms with Crippen LogP contribution in [0.3, 0.4) is 0 Å². The van der Waals surface area contributed by atoms with Gasteiger partial charge in [0.05, 0.1) is 32.6 Å². The summed E-state index contributed by atoms with van der Waals surface area (Å²) in [6, 6.07) is 53.9. The van der Waals surface area contributed by atoms with Crippen molar-refractivity contribution in [3.05, 3.63) is 179 Å². The number of aliphatic imine (C=N–C) groups is 2. The van der Waals surface area contributed by atoms with Crippen molar-refractivity contribution in [1.29, 1.82) is 0 Å². The third-order valence-corrected chi connectivity index (χ3v) is 13.6. The Hall–Kier alpha value is -7.70. The molecule has 2 aromatic heterocycles. The standard InChI is InChI=1S/C51H26N6/c1-2-10-28-18-36-35(17-27(28)9-1)43-25-45-37-19-29-11-3-5-13-31(29)21-39(37)47-52-49-41-23-33-15-7-8-16-34(33)24-42(41)50-53-48-40-22-32-14-6-4-12-30(32)20-38(40)46-26-44(36)54(43)51(55(45)47,56(46)48)57(49)50/h1-26H/q+2. The Kier molecular flexibility index (Phi) is 4.33. The summed E-state index contributed by atoms with van der Waals surface area (Å²) in [7, 11) is 0. The first-order chi connectivity index (χ1) is 28.2. The number of fused-ring (bicyclic) bond motifs is 16. The number of hydrogen-bond donors (Lipinski definition) is 0. The summed E-state index contributed by atoms with van der Waals surface area (Å²) < 4.78 is 10.2. The van der Waals surface area contributed by atoms with Crippen molar-refractivity contribution in [3.8, 4) is 0 Å². The molecular weight excluding hydrogens is 697 g/mol. The third-order valence-electron chi connectivity index (χ3n) is 13.6. The van der Waals surface area contributed by atoms with Gasteiger partial charge in [0.2, 0.25) is 0 Å². The van der Waals surface area contributed by atoms with Gasteiger partial charge in [0, 0.05) is 34.1 Å². The Balaban J connectivity index is 1.20. The first-order valence-corrected chi connectivity index (χ1v) is 19.7. The highest BCUT2D eigenvalue weighted by Crippen LogP contribution is 2.53. The van der Waals surface area contributed by atoms with Crippen molar-refractivity contribution in [3.63, 3.8) is 0 Å². The van der Waals surface area contributed by atoms with Crippen LogP contribution in [0.1, 0.15) is 22.3 Å². The molecular formula is C51H26N6+2. The fraction of sp³-hybridized carbons (Fsp3) is 0.0196. The first kappa shape index (κ1) is 27.8.